The van der Waals surface area contributed by atoms with Crippen molar-refractivity contribution in [3.63, 3.8) is 0 Å². The van der Waals surface area contributed by atoms with Crippen LogP contribution in [-0.2, 0) is 0 Å². The molecule has 0 atom stereocenters. The van der Waals surface area contributed by atoms with E-state index in [0.717, 1.165) is 29.4 Å². The topological polar surface area (TPSA) is 66.0 Å². The summed E-state index contributed by atoms with van der Waals surface area (Å²) in [7, 11) is 0. The maximum absolute atomic E-state index is 13.8. The molecule has 0 saturated carbocycles. The van der Waals surface area contributed by atoms with Crippen LogP contribution in [0.4, 0.5) is 8.78 Å². The number of hydrogen-bond donors (Lipinski definition) is 2. The Balaban J connectivity index is 1.99. The Bertz CT molecular complexity index is 792. The van der Waals surface area contributed by atoms with E-state index >= 15 is 0 Å². The molecule has 0 bridgehead atoms. The van der Waals surface area contributed by atoms with E-state index in [-0.39, 0.29) is 4.90 Å². The molecule has 0 saturated heterocycles. The molecule has 0 fully saturated rings. The quantitative estimate of drug-likeness (QED) is 0.774. The van der Waals surface area contributed by atoms with Crippen molar-refractivity contribution in [2.75, 3.05) is 0 Å². The highest BCUT2D eigenvalue weighted by molar-refractivity contribution is 7.99. The summed E-state index contributed by atoms with van der Waals surface area (Å²) in [6.07, 6.45) is 0. The van der Waals surface area contributed by atoms with Gasteiger partial charge in [0.2, 0.25) is 0 Å². The lowest BCUT2D eigenvalue weighted by Gasteiger charge is -2.04. The van der Waals surface area contributed by atoms with E-state index in [0.29, 0.717) is 10.7 Å². The van der Waals surface area contributed by atoms with Gasteiger partial charge in [-0.3, -0.25) is 0 Å². The van der Waals surface area contributed by atoms with Gasteiger partial charge in [-0.25, -0.2) is 18.6 Å². The zero-order chi connectivity index (χ0) is 15.0. The number of hydrogen-bond acceptors (Lipinski definition) is 3. The van der Waals surface area contributed by atoms with Crippen molar-refractivity contribution in [1.82, 2.24) is 9.97 Å². The number of fused-ring (bicyclic) bond motifs is 1. The summed E-state index contributed by atoms with van der Waals surface area (Å²) in [6, 6.07) is 8.77. The summed E-state index contributed by atoms with van der Waals surface area (Å²) in [5.74, 6) is -3.25. The van der Waals surface area contributed by atoms with Crippen LogP contribution >= 0.6 is 11.8 Å². The minimum Gasteiger partial charge on any atom is -0.478 e. The third-order valence-corrected chi connectivity index (χ3v) is 3.79. The molecule has 0 unspecified atom stereocenters. The summed E-state index contributed by atoms with van der Waals surface area (Å²) in [5, 5.41) is 9.08. The summed E-state index contributed by atoms with van der Waals surface area (Å²) in [5.41, 5.74) is 1.00. The van der Waals surface area contributed by atoms with Gasteiger partial charge in [-0.1, -0.05) is 12.1 Å². The largest absolute Gasteiger partial charge is 0.478 e. The van der Waals surface area contributed by atoms with Gasteiger partial charge < -0.3 is 10.1 Å². The molecule has 7 heteroatoms. The van der Waals surface area contributed by atoms with Crippen LogP contribution in [0.3, 0.4) is 0 Å². The summed E-state index contributed by atoms with van der Waals surface area (Å²) >= 11 is 0.777. The van der Waals surface area contributed by atoms with Crippen LogP contribution in [0, 0.1) is 11.6 Å². The molecule has 0 aliphatic rings. The van der Waals surface area contributed by atoms with Gasteiger partial charge in [0.25, 0.3) is 0 Å². The normalized spacial score (nSPS) is 11.0. The summed E-state index contributed by atoms with van der Waals surface area (Å²) < 4.78 is 27.7. The van der Waals surface area contributed by atoms with E-state index < -0.39 is 23.2 Å². The van der Waals surface area contributed by atoms with Crippen LogP contribution in [0.1, 0.15) is 10.4 Å². The minimum absolute atomic E-state index is 0.293. The third kappa shape index (κ3) is 2.59. The molecule has 0 spiro atoms. The van der Waals surface area contributed by atoms with Gasteiger partial charge in [0.05, 0.1) is 21.5 Å². The average molecular weight is 306 g/mol. The maximum atomic E-state index is 13.8. The molecule has 1 aromatic heterocycles. The molecule has 1 heterocycles. The molecule has 106 valence electrons. The smallest absolute Gasteiger partial charge is 0.335 e. The molecule has 2 aromatic carbocycles. The van der Waals surface area contributed by atoms with E-state index in [9.17, 15) is 13.6 Å². The monoisotopic (exact) mass is 306 g/mol. The molecule has 0 radical (unpaired) electrons. The van der Waals surface area contributed by atoms with E-state index in [1.807, 2.05) is 6.07 Å². The Labute approximate surface area is 121 Å². The van der Waals surface area contributed by atoms with Crippen molar-refractivity contribution in [3.8, 4) is 0 Å². The second kappa shape index (κ2) is 5.17. The Hall–Kier alpha value is -2.41. The van der Waals surface area contributed by atoms with Gasteiger partial charge in [-0.05, 0) is 36.0 Å². The fourth-order valence-corrected chi connectivity index (χ4v) is 2.67. The number of aromatic amines is 1. The second-order valence-corrected chi connectivity index (χ2v) is 5.23. The van der Waals surface area contributed by atoms with E-state index in [1.54, 1.807) is 18.2 Å². The first-order valence-electron chi connectivity index (χ1n) is 5.89. The van der Waals surface area contributed by atoms with Crippen molar-refractivity contribution < 1.29 is 18.7 Å². The molecular formula is C14H8F2N2O2S. The summed E-state index contributed by atoms with van der Waals surface area (Å²) in [6.45, 7) is 0. The Morgan fingerprint density at radius 3 is 2.48 bits per heavy atom. The molecule has 3 aromatic rings. The van der Waals surface area contributed by atoms with E-state index in [2.05, 4.69) is 9.97 Å². The van der Waals surface area contributed by atoms with Crippen LogP contribution in [0.2, 0.25) is 0 Å². The van der Waals surface area contributed by atoms with Crippen molar-refractivity contribution >= 4 is 28.8 Å². The number of H-pyrrole nitrogens is 1. The van der Waals surface area contributed by atoms with Crippen molar-refractivity contribution in [2.24, 2.45) is 0 Å². The van der Waals surface area contributed by atoms with Crippen LogP contribution in [0.5, 0.6) is 0 Å². The van der Waals surface area contributed by atoms with Gasteiger partial charge in [0.1, 0.15) is 11.6 Å². The number of benzene rings is 2. The lowest BCUT2D eigenvalue weighted by atomic mass is 10.2. The van der Waals surface area contributed by atoms with Gasteiger partial charge in [0, 0.05) is 0 Å². The van der Waals surface area contributed by atoms with Gasteiger partial charge >= 0.3 is 5.97 Å². The Kier molecular flexibility index (Phi) is 3.34. The number of para-hydroxylation sites is 2. The van der Waals surface area contributed by atoms with Crippen molar-refractivity contribution in [1.29, 1.82) is 0 Å². The van der Waals surface area contributed by atoms with E-state index in [4.69, 9.17) is 5.11 Å². The van der Waals surface area contributed by atoms with Gasteiger partial charge in [-0.15, -0.1) is 0 Å². The first-order chi connectivity index (χ1) is 10.0. The number of carbonyl (C=O) groups is 1. The lowest BCUT2D eigenvalue weighted by molar-refractivity contribution is 0.0695. The number of aromatic nitrogens is 2. The van der Waals surface area contributed by atoms with Gasteiger partial charge in [0.15, 0.2) is 5.16 Å². The predicted octanol–water partition coefficient (Wildman–Crippen LogP) is 3.69. The third-order valence-electron chi connectivity index (χ3n) is 2.81. The number of aromatic carboxylic acids is 1. The molecular weight excluding hydrogens is 298 g/mol. The fraction of sp³-hybridized carbons (Fsp3) is 0. The average Bonchev–Trinajstić information content (AvgIpc) is 2.85. The molecule has 2 N–H and O–H groups in total. The molecule has 4 nitrogen and oxygen atoms in total. The molecule has 0 amide bonds. The number of carboxylic acid groups (broad SMARTS) is 1. The molecule has 0 aliphatic heterocycles. The molecule has 21 heavy (non-hydrogen) atoms. The van der Waals surface area contributed by atoms with Crippen molar-refractivity contribution in [2.45, 2.75) is 10.1 Å². The van der Waals surface area contributed by atoms with Crippen LogP contribution in [-0.4, -0.2) is 21.0 Å². The van der Waals surface area contributed by atoms with Crippen LogP contribution in [0.25, 0.3) is 11.0 Å². The Morgan fingerprint density at radius 2 is 1.86 bits per heavy atom. The number of imidazole rings is 1. The second-order valence-electron chi connectivity index (χ2n) is 4.24. The van der Waals surface area contributed by atoms with Gasteiger partial charge in [-0.2, -0.15) is 0 Å². The highest BCUT2D eigenvalue weighted by Gasteiger charge is 2.17. The number of nitrogens with one attached hydrogen (secondary N) is 1. The lowest BCUT2D eigenvalue weighted by Crippen LogP contribution is -2.00. The highest BCUT2D eigenvalue weighted by atomic mass is 32.2. The van der Waals surface area contributed by atoms with Crippen molar-refractivity contribution in [3.05, 3.63) is 53.6 Å². The van der Waals surface area contributed by atoms with Crippen LogP contribution in [0.15, 0.2) is 46.5 Å². The molecule has 0 aliphatic carbocycles. The molecule has 3 rings (SSSR count). The first kappa shape index (κ1) is 13.6. The summed E-state index contributed by atoms with van der Waals surface area (Å²) in [4.78, 5) is 17.6. The standard InChI is InChI=1S/C14H8F2N2O2S/c15-8-5-7(13(19)20)6-9(16)12(8)21-14-17-10-3-1-2-4-11(10)18-14/h1-6H,(H,17,18)(H,19,20). The predicted molar refractivity (Wildman–Crippen MR) is 73.5 cm³/mol. The zero-order valence-corrected chi connectivity index (χ0v) is 11.2. The van der Waals surface area contributed by atoms with E-state index in [1.165, 1.54) is 0 Å². The fourth-order valence-electron chi connectivity index (χ4n) is 1.86. The number of carboxylic acids is 1. The SMILES string of the molecule is O=C(O)c1cc(F)c(Sc2nc3ccccc3[nH]2)c(F)c1. The first-order valence-corrected chi connectivity index (χ1v) is 6.71. The number of rotatable bonds is 3. The number of halogens is 2. The minimum atomic E-state index is -1.38. The number of nitrogens with zero attached hydrogens (tertiary/aromatic N) is 1. The van der Waals surface area contributed by atoms with Crippen LogP contribution < -0.4 is 0 Å². The maximum Gasteiger partial charge on any atom is 0.335 e. The zero-order valence-electron chi connectivity index (χ0n) is 10.4. The highest BCUT2D eigenvalue weighted by Crippen LogP contribution is 2.32. The Morgan fingerprint density at radius 1 is 1.19 bits per heavy atom.